The Balaban J connectivity index is 1.98. The first-order valence-electron chi connectivity index (χ1n) is 7.60. The fraction of sp³-hybridized carbons (Fsp3) is 1.00. The highest BCUT2D eigenvalue weighted by Gasteiger charge is 2.14. The van der Waals surface area contributed by atoms with Gasteiger partial charge in [-0.25, -0.2) is 0 Å². The van der Waals surface area contributed by atoms with Crippen molar-refractivity contribution >= 4 is 0 Å². The molecular formula is C15H31N. The van der Waals surface area contributed by atoms with E-state index in [1.54, 1.807) is 0 Å². The molecule has 1 fully saturated rings. The van der Waals surface area contributed by atoms with E-state index in [1.807, 2.05) is 0 Å². The Kier molecular flexibility index (Phi) is 7.92. The molecule has 0 radical (unpaired) electrons. The molecule has 0 aromatic carbocycles. The summed E-state index contributed by atoms with van der Waals surface area (Å²) in [6.07, 6.45) is 14.2. The van der Waals surface area contributed by atoms with Crippen LogP contribution in [0, 0.1) is 5.92 Å². The van der Waals surface area contributed by atoms with Crippen LogP contribution in [0.1, 0.15) is 78.1 Å². The molecule has 16 heavy (non-hydrogen) atoms. The monoisotopic (exact) mass is 225 g/mol. The van der Waals surface area contributed by atoms with E-state index in [2.05, 4.69) is 19.2 Å². The predicted molar refractivity (Wildman–Crippen MR) is 72.8 cm³/mol. The second-order valence-corrected chi connectivity index (χ2v) is 5.52. The lowest BCUT2D eigenvalue weighted by atomic mass is 10.0. The van der Waals surface area contributed by atoms with Crippen molar-refractivity contribution in [1.82, 2.24) is 5.32 Å². The van der Waals surface area contributed by atoms with Crippen molar-refractivity contribution in [2.45, 2.75) is 84.1 Å². The normalized spacial score (nSPS) is 17.4. The van der Waals surface area contributed by atoms with Gasteiger partial charge >= 0.3 is 0 Å². The van der Waals surface area contributed by atoms with Crippen molar-refractivity contribution in [3.8, 4) is 0 Å². The second-order valence-electron chi connectivity index (χ2n) is 5.52. The Morgan fingerprint density at radius 1 is 1.06 bits per heavy atom. The molecule has 0 amide bonds. The van der Waals surface area contributed by atoms with Crippen LogP contribution in [-0.2, 0) is 0 Å². The predicted octanol–water partition coefficient (Wildman–Crippen LogP) is 4.52. The van der Waals surface area contributed by atoms with Crippen LogP contribution in [0.2, 0.25) is 0 Å². The summed E-state index contributed by atoms with van der Waals surface area (Å²) in [7, 11) is 0. The first kappa shape index (κ1) is 14.0. The molecule has 1 saturated carbocycles. The summed E-state index contributed by atoms with van der Waals surface area (Å²) in [5.74, 6) is 1.07. The number of hydrogen-bond acceptors (Lipinski definition) is 1. The SMILES string of the molecule is CCCC(CCC)NCCCC1CCCC1. The van der Waals surface area contributed by atoms with Crippen molar-refractivity contribution in [2.75, 3.05) is 6.54 Å². The minimum Gasteiger partial charge on any atom is -0.314 e. The maximum absolute atomic E-state index is 3.75. The maximum atomic E-state index is 3.75. The molecule has 1 rings (SSSR count). The minimum atomic E-state index is 0.790. The zero-order valence-corrected chi connectivity index (χ0v) is 11.4. The van der Waals surface area contributed by atoms with E-state index in [0.29, 0.717) is 0 Å². The van der Waals surface area contributed by atoms with Crippen LogP contribution in [-0.4, -0.2) is 12.6 Å². The van der Waals surface area contributed by atoms with Crippen molar-refractivity contribution < 1.29 is 0 Å². The largest absolute Gasteiger partial charge is 0.314 e. The van der Waals surface area contributed by atoms with Gasteiger partial charge in [-0.2, -0.15) is 0 Å². The van der Waals surface area contributed by atoms with Crippen molar-refractivity contribution in [3.63, 3.8) is 0 Å². The Hall–Kier alpha value is -0.0400. The highest BCUT2D eigenvalue weighted by atomic mass is 14.9. The lowest BCUT2D eigenvalue weighted by Gasteiger charge is -2.18. The van der Waals surface area contributed by atoms with Gasteiger partial charge in [-0.15, -0.1) is 0 Å². The molecule has 0 bridgehead atoms. The summed E-state index contributed by atoms with van der Waals surface area (Å²) in [6, 6.07) is 0.790. The topological polar surface area (TPSA) is 12.0 Å². The van der Waals surface area contributed by atoms with Crippen LogP contribution in [0.4, 0.5) is 0 Å². The quantitative estimate of drug-likeness (QED) is 0.569. The molecule has 1 N–H and O–H groups in total. The first-order valence-corrected chi connectivity index (χ1v) is 7.60. The van der Waals surface area contributed by atoms with Crippen LogP contribution in [0.3, 0.4) is 0 Å². The zero-order chi connectivity index (χ0) is 11.6. The Bertz CT molecular complexity index is 144. The third kappa shape index (κ3) is 5.89. The molecule has 0 unspecified atom stereocenters. The van der Waals surface area contributed by atoms with E-state index in [4.69, 9.17) is 0 Å². The van der Waals surface area contributed by atoms with Gasteiger partial charge in [0, 0.05) is 6.04 Å². The fourth-order valence-electron chi connectivity index (χ4n) is 3.04. The Morgan fingerprint density at radius 3 is 2.25 bits per heavy atom. The standard InChI is InChI=1S/C15H31N/c1-3-8-15(9-4-2)16-13-7-12-14-10-5-6-11-14/h14-16H,3-13H2,1-2H3. The maximum Gasteiger partial charge on any atom is 0.00668 e. The van der Waals surface area contributed by atoms with Crippen LogP contribution in [0.5, 0.6) is 0 Å². The molecule has 0 aliphatic heterocycles. The van der Waals surface area contributed by atoms with E-state index in [9.17, 15) is 0 Å². The van der Waals surface area contributed by atoms with Gasteiger partial charge in [0.05, 0.1) is 0 Å². The highest BCUT2D eigenvalue weighted by molar-refractivity contribution is 4.69. The van der Waals surface area contributed by atoms with Gasteiger partial charge in [0.2, 0.25) is 0 Å². The first-order chi connectivity index (χ1) is 7.86. The van der Waals surface area contributed by atoms with Crippen molar-refractivity contribution in [3.05, 3.63) is 0 Å². The average molecular weight is 225 g/mol. The van der Waals surface area contributed by atoms with Gasteiger partial charge in [-0.1, -0.05) is 52.4 Å². The van der Waals surface area contributed by atoms with E-state index < -0.39 is 0 Å². The molecule has 1 heteroatoms. The molecule has 1 nitrogen and oxygen atoms in total. The van der Waals surface area contributed by atoms with Gasteiger partial charge in [-0.05, 0) is 38.1 Å². The Morgan fingerprint density at radius 2 is 1.69 bits per heavy atom. The molecule has 1 aliphatic rings. The number of nitrogens with one attached hydrogen (secondary N) is 1. The van der Waals surface area contributed by atoms with E-state index >= 15 is 0 Å². The van der Waals surface area contributed by atoms with E-state index in [0.717, 1.165) is 12.0 Å². The molecule has 0 heterocycles. The molecule has 0 saturated heterocycles. The summed E-state index contributed by atoms with van der Waals surface area (Å²) in [4.78, 5) is 0. The third-order valence-corrected chi connectivity index (χ3v) is 3.97. The van der Waals surface area contributed by atoms with Crippen LogP contribution < -0.4 is 5.32 Å². The number of hydrogen-bond donors (Lipinski definition) is 1. The Labute approximate surface area is 102 Å². The van der Waals surface area contributed by atoms with E-state index in [-0.39, 0.29) is 0 Å². The van der Waals surface area contributed by atoms with Gasteiger partial charge in [0.15, 0.2) is 0 Å². The number of rotatable bonds is 9. The molecule has 1 aliphatic carbocycles. The smallest absolute Gasteiger partial charge is 0.00668 e. The van der Waals surface area contributed by atoms with Crippen LogP contribution >= 0.6 is 0 Å². The summed E-state index contributed by atoms with van der Waals surface area (Å²) in [5.41, 5.74) is 0. The van der Waals surface area contributed by atoms with Crippen LogP contribution in [0.15, 0.2) is 0 Å². The molecule has 0 atom stereocenters. The second kappa shape index (κ2) is 9.04. The average Bonchev–Trinajstić information content (AvgIpc) is 2.78. The van der Waals surface area contributed by atoms with Crippen LogP contribution in [0.25, 0.3) is 0 Å². The van der Waals surface area contributed by atoms with Crippen molar-refractivity contribution in [2.24, 2.45) is 5.92 Å². The van der Waals surface area contributed by atoms with Gasteiger partial charge < -0.3 is 5.32 Å². The van der Waals surface area contributed by atoms with Gasteiger partial charge in [0.25, 0.3) is 0 Å². The minimum absolute atomic E-state index is 0.790. The van der Waals surface area contributed by atoms with Crippen molar-refractivity contribution in [1.29, 1.82) is 0 Å². The zero-order valence-electron chi connectivity index (χ0n) is 11.4. The molecule has 0 aromatic heterocycles. The summed E-state index contributed by atoms with van der Waals surface area (Å²) in [5, 5.41) is 3.75. The lowest BCUT2D eigenvalue weighted by molar-refractivity contribution is 0.413. The lowest BCUT2D eigenvalue weighted by Crippen LogP contribution is -2.29. The third-order valence-electron chi connectivity index (χ3n) is 3.97. The van der Waals surface area contributed by atoms with Gasteiger partial charge in [-0.3, -0.25) is 0 Å². The summed E-state index contributed by atoms with van der Waals surface area (Å²) in [6.45, 7) is 5.84. The van der Waals surface area contributed by atoms with E-state index in [1.165, 1.54) is 70.8 Å². The summed E-state index contributed by atoms with van der Waals surface area (Å²) >= 11 is 0. The molecular weight excluding hydrogens is 194 g/mol. The summed E-state index contributed by atoms with van der Waals surface area (Å²) < 4.78 is 0. The molecule has 96 valence electrons. The molecule has 0 aromatic rings. The molecule has 0 spiro atoms. The fourth-order valence-corrected chi connectivity index (χ4v) is 3.04. The highest BCUT2D eigenvalue weighted by Crippen LogP contribution is 2.28. The van der Waals surface area contributed by atoms with Gasteiger partial charge in [0.1, 0.15) is 0 Å².